The van der Waals surface area contributed by atoms with Gasteiger partial charge in [-0.1, -0.05) is 0 Å². The van der Waals surface area contributed by atoms with E-state index in [4.69, 9.17) is 10.5 Å². The summed E-state index contributed by atoms with van der Waals surface area (Å²) in [6.45, 7) is 3.37. The minimum absolute atomic E-state index is 0.0301. The maximum Gasteiger partial charge on any atom is 0.246 e. The Morgan fingerprint density at radius 1 is 1.50 bits per heavy atom. The molecule has 2 rings (SSSR count). The molecule has 1 aromatic rings. The number of hydrogen-bond donors (Lipinski definition) is 2. The van der Waals surface area contributed by atoms with E-state index < -0.39 is 10.0 Å². The lowest BCUT2D eigenvalue weighted by molar-refractivity contribution is 0.123. The highest BCUT2D eigenvalue weighted by Crippen LogP contribution is 2.28. The first-order valence-corrected chi connectivity index (χ1v) is 8.26. The molecular formula is C12H22N4O3S. The maximum atomic E-state index is 12.2. The maximum absolute atomic E-state index is 12.2. The van der Waals surface area contributed by atoms with E-state index in [0.717, 1.165) is 12.5 Å². The summed E-state index contributed by atoms with van der Waals surface area (Å²) < 4.78 is 33.8. The number of rotatable bonds is 8. The van der Waals surface area contributed by atoms with Crippen LogP contribution in [0.2, 0.25) is 0 Å². The van der Waals surface area contributed by atoms with Gasteiger partial charge in [0.15, 0.2) is 5.82 Å². The molecule has 0 spiro atoms. The zero-order valence-electron chi connectivity index (χ0n) is 11.9. The molecule has 20 heavy (non-hydrogen) atoms. The third-order valence-electron chi connectivity index (χ3n) is 3.38. The molecule has 3 N–H and O–H groups in total. The molecule has 0 aromatic carbocycles. The van der Waals surface area contributed by atoms with Crippen LogP contribution in [0, 0.1) is 12.8 Å². The molecule has 0 aliphatic heterocycles. The molecule has 1 saturated carbocycles. The first-order valence-electron chi connectivity index (χ1n) is 6.78. The Hall–Kier alpha value is -1.12. The van der Waals surface area contributed by atoms with Crippen molar-refractivity contribution in [2.24, 2.45) is 13.0 Å². The molecule has 0 bridgehead atoms. The number of aryl methyl sites for hydroxylation is 1. The second kappa shape index (κ2) is 6.11. The van der Waals surface area contributed by atoms with Gasteiger partial charge in [-0.15, -0.1) is 0 Å². The van der Waals surface area contributed by atoms with Crippen LogP contribution < -0.4 is 10.5 Å². The van der Waals surface area contributed by atoms with Crippen LogP contribution in [-0.2, 0) is 21.8 Å². The van der Waals surface area contributed by atoms with E-state index in [1.807, 2.05) is 0 Å². The Morgan fingerprint density at radius 2 is 2.20 bits per heavy atom. The smallest absolute Gasteiger partial charge is 0.246 e. The SMILES string of the molecule is Cc1c(S(=O)(=O)NCCCOCC2CC2)c(N)nn1C. The lowest BCUT2D eigenvalue weighted by atomic mass is 10.4. The Kier molecular flexibility index (Phi) is 4.66. The van der Waals surface area contributed by atoms with Crippen LogP contribution in [0.25, 0.3) is 0 Å². The molecule has 8 heteroatoms. The fourth-order valence-electron chi connectivity index (χ4n) is 1.93. The normalized spacial score (nSPS) is 15.7. The van der Waals surface area contributed by atoms with Gasteiger partial charge in [0, 0.05) is 26.8 Å². The van der Waals surface area contributed by atoms with E-state index in [-0.39, 0.29) is 10.7 Å². The van der Waals surface area contributed by atoms with Gasteiger partial charge in [0.05, 0.1) is 5.69 Å². The summed E-state index contributed by atoms with van der Waals surface area (Å²) >= 11 is 0. The molecule has 1 aromatic heterocycles. The van der Waals surface area contributed by atoms with Gasteiger partial charge in [0.25, 0.3) is 0 Å². The molecule has 0 amide bonds. The molecule has 1 heterocycles. The van der Waals surface area contributed by atoms with E-state index in [1.165, 1.54) is 17.5 Å². The highest BCUT2D eigenvalue weighted by Gasteiger charge is 2.24. The summed E-state index contributed by atoms with van der Waals surface area (Å²) in [5.74, 6) is 0.756. The largest absolute Gasteiger partial charge is 0.381 e. The van der Waals surface area contributed by atoms with Gasteiger partial charge in [-0.25, -0.2) is 13.1 Å². The van der Waals surface area contributed by atoms with Gasteiger partial charge in [-0.05, 0) is 32.1 Å². The number of aromatic nitrogens is 2. The van der Waals surface area contributed by atoms with E-state index in [9.17, 15) is 8.42 Å². The van der Waals surface area contributed by atoms with E-state index in [1.54, 1.807) is 14.0 Å². The van der Waals surface area contributed by atoms with Gasteiger partial charge in [-0.3, -0.25) is 4.68 Å². The number of nitrogens with zero attached hydrogens (tertiary/aromatic N) is 2. The van der Waals surface area contributed by atoms with Crippen molar-refractivity contribution in [2.75, 3.05) is 25.5 Å². The van der Waals surface area contributed by atoms with Gasteiger partial charge in [0.2, 0.25) is 10.0 Å². The Morgan fingerprint density at radius 3 is 2.75 bits per heavy atom. The summed E-state index contributed by atoms with van der Waals surface area (Å²) in [6.07, 6.45) is 3.16. The molecule has 7 nitrogen and oxygen atoms in total. The van der Waals surface area contributed by atoms with Crippen molar-refractivity contribution in [3.8, 4) is 0 Å². The number of sulfonamides is 1. The van der Waals surface area contributed by atoms with Crippen molar-refractivity contribution in [1.82, 2.24) is 14.5 Å². The third-order valence-corrected chi connectivity index (χ3v) is 5.01. The van der Waals surface area contributed by atoms with Crippen LogP contribution >= 0.6 is 0 Å². The molecule has 0 saturated heterocycles. The highest BCUT2D eigenvalue weighted by atomic mass is 32.2. The number of nitrogen functional groups attached to an aromatic ring is 1. The summed E-state index contributed by atoms with van der Waals surface area (Å²) in [5.41, 5.74) is 6.17. The number of anilines is 1. The predicted octanol–water partition coefficient (Wildman–Crippen LogP) is 0.406. The third kappa shape index (κ3) is 3.71. The molecule has 114 valence electrons. The van der Waals surface area contributed by atoms with Crippen LogP contribution in [0.3, 0.4) is 0 Å². The van der Waals surface area contributed by atoms with Crippen LogP contribution in [0.4, 0.5) is 5.82 Å². The monoisotopic (exact) mass is 302 g/mol. The fraction of sp³-hybridized carbons (Fsp3) is 0.750. The first kappa shape index (κ1) is 15.3. The summed E-state index contributed by atoms with van der Waals surface area (Å²) in [6, 6.07) is 0. The minimum Gasteiger partial charge on any atom is -0.381 e. The second-order valence-corrected chi connectivity index (χ2v) is 6.90. The summed E-state index contributed by atoms with van der Waals surface area (Å²) in [5, 5.41) is 3.91. The Labute approximate surface area is 119 Å². The number of ether oxygens (including phenoxy) is 1. The topological polar surface area (TPSA) is 99.2 Å². The van der Waals surface area contributed by atoms with Gasteiger partial charge in [0.1, 0.15) is 4.90 Å². The van der Waals surface area contributed by atoms with E-state index in [0.29, 0.717) is 25.3 Å². The van der Waals surface area contributed by atoms with E-state index >= 15 is 0 Å². The zero-order valence-corrected chi connectivity index (χ0v) is 12.7. The van der Waals surface area contributed by atoms with Crippen molar-refractivity contribution in [3.63, 3.8) is 0 Å². The van der Waals surface area contributed by atoms with Crippen LogP contribution in [0.15, 0.2) is 4.90 Å². The summed E-state index contributed by atoms with van der Waals surface area (Å²) in [7, 11) is -1.94. The molecule has 0 unspecified atom stereocenters. The standard InChI is InChI=1S/C12H22N4O3S/c1-9-11(12(13)15-16(9)2)20(17,18)14-6-3-7-19-8-10-4-5-10/h10,14H,3-8H2,1-2H3,(H2,13,15). The molecular weight excluding hydrogens is 280 g/mol. The fourth-order valence-corrected chi connectivity index (χ4v) is 3.33. The average Bonchev–Trinajstić information content (AvgIpc) is 3.12. The van der Waals surface area contributed by atoms with Gasteiger partial charge < -0.3 is 10.5 Å². The van der Waals surface area contributed by atoms with Crippen molar-refractivity contribution in [3.05, 3.63) is 5.69 Å². The van der Waals surface area contributed by atoms with Crippen molar-refractivity contribution in [2.45, 2.75) is 31.1 Å². The van der Waals surface area contributed by atoms with Gasteiger partial charge in [-0.2, -0.15) is 5.10 Å². The van der Waals surface area contributed by atoms with Crippen LogP contribution in [0.1, 0.15) is 25.0 Å². The van der Waals surface area contributed by atoms with Crippen LogP contribution in [0.5, 0.6) is 0 Å². The Balaban J connectivity index is 1.80. The second-order valence-electron chi connectivity index (χ2n) is 5.19. The first-order chi connectivity index (χ1) is 9.42. The molecule has 0 atom stereocenters. The molecule has 1 fully saturated rings. The Bertz CT molecular complexity index is 564. The number of nitrogens with two attached hydrogens (primary N) is 1. The number of hydrogen-bond acceptors (Lipinski definition) is 5. The molecule has 1 aliphatic rings. The lowest BCUT2D eigenvalue weighted by Gasteiger charge is -2.07. The highest BCUT2D eigenvalue weighted by molar-refractivity contribution is 7.89. The van der Waals surface area contributed by atoms with Crippen molar-refractivity contribution >= 4 is 15.8 Å². The van der Waals surface area contributed by atoms with Crippen molar-refractivity contribution < 1.29 is 13.2 Å². The molecule has 0 radical (unpaired) electrons. The van der Waals surface area contributed by atoms with E-state index in [2.05, 4.69) is 9.82 Å². The summed E-state index contributed by atoms with van der Waals surface area (Å²) in [4.78, 5) is 0.0684. The average molecular weight is 302 g/mol. The van der Waals surface area contributed by atoms with Crippen LogP contribution in [-0.4, -0.2) is 38.0 Å². The van der Waals surface area contributed by atoms with Gasteiger partial charge >= 0.3 is 0 Å². The minimum atomic E-state index is -3.61. The quantitative estimate of drug-likeness (QED) is 0.677. The predicted molar refractivity (Wildman–Crippen MR) is 75.7 cm³/mol. The number of nitrogens with one attached hydrogen (secondary N) is 1. The lowest BCUT2D eigenvalue weighted by Crippen LogP contribution is -2.26. The van der Waals surface area contributed by atoms with Crippen molar-refractivity contribution in [1.29, 1.82) is 0 Å². The molecule has 1 aliphatic carbocycles. The zero-order chi connectivity index (χ0) is 14.8.